The van der Waals surface area contributed by atoms with Crippen LogP contribution in [0.3, 0.4) is 0 Å². The Morgan fingerprint density at radius 3 is 2.28 bits per heavy atom. The van der Waals surface area contributed by atoms with Crippen molar-refractivity contribution in [3.05, 3.63) is 50.6 Å². The highest BCUT2D eigenvalue weighted by molar-refractivity contribution is 7.89. The average Bonchev–Trinajstić information content (AvgIpc) is 3.19. The molecular formula is C20H24Cl2N2O3S2. The highest BCUT2D eigenvalue weighted by Gasteiger charge is 2.35. The lowest BCUT2D eigenvalue weighted by atomic mass is 9.95. The normalized spacial score (nSPS) is 17.4. The van der Waals surface area contributed by atoms with E-state index in [0.717, 1.165) is 4.88 Å². The Morgan fingerprint density at radius 2 is 1.76 bits per heavy atom. The summed E-state index contributed by atoms with van der Waals surface area (Å²) in [7, 11) is -3.81. The van der Waals surface area contributed by atoms with Gasteiger partial charge in [-0.15, -0.1) is 11.3 Å². The molecule has 29 heavy (non-hydrogen) atoms. The van der Waals surface area contributed by atoms with Gasteiger partial charge in [0.25, 0.3) is 0 Å². The van der Waals surface area contributed by atoms with Crippen molar-refractivity contribution < 1.29 is 13.2 Å². The quantitative estimate of drug-likeness (QED) is 0.642. The Hall–Kier alpha value is -1.12. The molecule has 2 heterocycles. The fraction of sp³-hybridized carbons (Fsp3) is 0.450. The van der Waals surface area contributed by atoms with Crippen LogP contribution in [0.4, 0.5) is 0 Å². The number of thiophene rings is 1. The molecule has 0 saturated carbocycles. The van der Waals surface area contributed by atoms with E-state index < -0.39 is 10.0 Å². The van der Waals surface area contributed by atoms with E-state index in [-0.39, 0.29) is 51.8 Å². The molecule has 158 valence electrons. The van der Waals surface area contributed by atoms with Crippen LogP contribution in [-0.4, -0.2) is 31.7 Å². The maximum Gasteiger partial charge on any atom is 0.246 e. The molecular weight excluding hydrogens is 451 g/mol. The SMILES string of the molecule is CC(C)C(NC(=O)C1CCN(S(=O)(=O)c2c(Cl)cccc2Cl)CC1)c1cccs1. The standard InChI is InChI=1S/C20H24Cl2N2O3S2/c1-13(2)18(17-7-4-12-28-17)23-20(25)14-8-10-24(11-9-14)29(26,27)19-15(21)5-3-6-16(19)22/h3-7,12-14,18H,8-11H2,1-2H3,(H,23,25). The number of nitrogens with zero attached hydrogens (tertiary/aromatic N) is 1. The molecule has 1 N–H and O–H groups in total. The number of piperidine rings is 1. The van der Waals surface area contributed by atoms with Crippen LogP contribution in [0, 0.1) is 11.8 Å². The van der Waals surface area contributed by atoms with Crippen molar-refractivity contribution >= 4 is 50.5 Å². The number of hydrogen-bond acceptors (Lipinski definition) is 4. The Labute approximate surface area is 186 Å². The lowest BCUT2D eigenvalue weighted by molar-refractivity contribution is -0.127. The van der Waals surface area contributed by atoms with Gasteiger partial charge in [-0.25, -0.2) is 8.42 Å². The lowest BCUT2D eigenvalue weighted by Gasteiger charge is -2.32. The largest absolute Gasteiger partial charge is 0.348 e. The molecule has 0 bridgehead atoms. The van der Waals surface area contributed by atoms with Crippen LogP contribution in [0.5, 0.6) is 0 Å². The van der Waals surface area contributed by atoms with Gasteiger partial charge in [-0.3, -0.25) is 4.79 Å². The van der Waals surface area contributed by atoms with Gasteiger partial charge in [0.15, 0.2) is 0 Å². The molecule has 1 aromatic carbocycles. The number of amides is 1. The minimum Gasteiger partial charge on any atom is -0.348 e. The van der Waals surface area contributed by atoms with Crippen LogP contribution in [0.15, 0.2) is 40.6 Å². The van der Waals surface area contributed by atoms with Crippen LogP contribution in [0.25, 0.3) is 0 Å². The summed E-state index contributed by atoms with van der Waals surface area (Å²) in [6, 6.07) is 8.60. The average molecular weight is 475 g/mol. The molecule has 5 nitrogen and oxygen atoms in total. The van der Waals surface area contributed by atoms with Crippen molar-refractivity contribution in [1.29, 1.82) is 0 Å². The summed E-state index contributed by atoms with van der Waals surface area (Å²) in [5.41, 5.74) is 0. The second-order valence-electron chi connectivity index (χ2n) is 7.47. The van der Waals surface area contributed by atoms with Crippen LogP contribution >= 0.6 is 34.5 Å². The van der Waals surface area contributed by atoms with E-state index in [1.54, 1.807) is 17.4 Å². The third-order valence-corrected chi connectivity index (χ3v) is 8.97. The number of rotatable bonds is 6. The fourth-order valence-electron chi connectivity index (χ4n) is 3.52. The molecule has 1 aromatic heterocycles. The zero-order chi connectivity index (χ0) is 21.2. The maximum atomic E-state index is 13.0. The molecule has 0 spiro atoms. The highest BCUT2D eigenvalue weighted by Crippen LogP contribution is 2.34. The van der Waals surface area contributed by atoms with E-state index in [4.69, 9.17) is 23.2 Å². The first-order valence-electron chi connectivity index (χ1n) is 9.49. The summed E-state index contributed by atoms with van der Waals surface area (Å²) < 4.78 is 27.3. The first-order valence-corrected chi connectivity index (χ1v) is 12.6. The number of carbonyl (C=O) groups is 1. The van der Waals surface area contributed by atoms with Gasteiger partial charge in [-0.05, 0) is 42.3 Å². The second kappa shape index (κ2) is 9.35. The first kappa shape index (κ1) is 22.6. The van der Waals surface area contributed by atoms with Crippen molar-refractivity contribution in [2.45, 2.75) is 37.6 Å². The number of carbonyl (C=O) groups excluding carboxylic acids is 1. The molecule has 3 rings (SSSR count). The topological polar surface area (TPSA) is 66.5 Å². The van der Waals surface area contributed by atoms with E-state index in [1.807, 2.05) is 17.5 Å². The van der Waals surface area contributed by atoms with E-state index in [1.165, 1.54) is 16.4 Å². The number of halogens is 2. The monoisotopic (exact) mass is 474 g/mol. The van der Waals surface area contributed by atoms with Gasteiger partial charge in [0.2, 0.25) is 15.9 Å². The third-order valence-electron chi connectivity index (χ3n) is 5.16. The van der Waals surface area contributed by atoms with Crippen molar-refractivity contribution in [3.8, 4) is 0 Å². The van der Waals surface area contributed by atoms with Crippen LogP contribution in [-0.2, 0) is 14.8 Å². The van der Waals surface area contributed by atoms with Crippen molar-refractivity contribution in [3.63, 3.8) is 0 Å². The molecule has 0 radical (unpaired) electrons. The minimum absolute atomic E-state index is 0.0232. The first-order chi connectivity index (χ1) is 13.7. The van der Waals surface area contributed by atoms with Crippen molar-refractivity contribution in [1.82, 2.24) is 9.62 Å². The highest BCUT2D eigenvalue weighted by atomic mass is 35.5. The number of benzene rings is 1. The zero-order valence-electron chi connectivity index (χ0n) is 16.3. The molecule has 1 aliphatic heterocycles. The van der Waals surface area contributed by atoms with Crippen LogP contribution in [0.2, 0.25) is 10.0 Å². The predicted octanol–water partition coefficient (Wildman–Crippen LogP) is 4.97. The minimum atomic E-state index is -3.81. The number of sulfonamides is 1. The smallest absolute Gasteiger partial charge is 0.246 e. The van der Waals surface area contributed by atoms with E-state index in [2.05, 4.69) is 19.2 Å². The van der Waals surface area contributed by atoms with Gasteiger partial charge in [0.1, 0.15) is 4.90 Å². The molecule has 1 fully saturated rings. The van der Waals surface area contributed by atoms with Gasteiger partial charge in [-0.2, -0.15) is 4.31 Å². The van der Waals surface area contributed by atoms with Gasteiger partial charge in [0, 0.05) is 23.9 Å². The lowest BCUT2D eigenvalue weighted by Crippen LogP contribution is -2.44. The Balaban J connectivity index is 1.66. The number of hydrogen-bond donors (Lipinski definition) is 1. The molecule has 1 amide bonds. The van der Waals surface area contributed by atoms with Gasteiger partial charge in [-0.1, -0.05) is 49.2 Å². The molecule has 1 unspecified atom stereocenters. The third kappa shape index (κ3) is 4.97. The molecule has 1 atom stereocenters. The predicted molar refractivity (Wildman–Crippen MR) is 118 cm³/mol. The van der Waals surface area contributed by atoms with Gasteiger partial charge >= 0.3 is 0 Å². The summed E-state index contributed by atoms with van der Waals surface area (Å²) >= 11 is 13.8. The molecule has 0 aliphatic carbocycles. The fourth-order valence-corrected chi connectivity index (χ4v) is 7.03. The van der Waals surface area contributed by atoms with E-state index in [0.29, 0.717) is 12.8 Å². The maximum absolute atomic E-state index is 13.0. The summed E-state index contributed by atoms with van der Waals surface area (Å²) in [4.78, 5) is 13.9. The zero-order valence-corrected chi connectivity index (χ0v) is 19.4. The Morgan fingerprint density at radius 1 is 1.14 bits per heavy atom. The summed E-state index contributed by atoms with van der Waals surface area (Å²) in [5.74, 6) is 0.0229. The summed E-state index contributed by atoms with van der Waals surface area (Å²) in [6.07, 6.45) is 0.921. The summed E-state index contributed by atoms with van der Waals surface area (Å²) in [5, 5.41) is 5.36. The van der Waals surface area contributed by atoms with E-state index >= 15 is 0 Å². The molecule has 2 aromatic rings. The van der Waals surface area contributed by atoms with Crippen molar-refractivity contribution in [2.24, 2.45) is 11.8 Å². The molecule has 9 heteroatoms. The molecule has 1 aliphatic rings. The van der Waals surface area contributed by atoms with Gasteiger partial charge < -0.3 is 5.32 Å². The van der Waals surface area contributed by atoms with Crippen molar-refractivity contribution in [2.75, 3.05) is 13.1 Å². The van der Waals surface area contributed by atoms with Crippen LogP contribution in [0.1, 0.15) is 37.6 Å². The summed E-state index contributed by atoms with van der Waals surface area (Å²) in [6.45, 7) is 4.67. The number of nitrogens with one attached hydrogen (secondary N) is 1. The second-order valence-corrected chi connectivity index (χ2v) is 11.1. The van der Waals surface area contributed by atoms with Gasteiger partial charge in [0.05, 0.1) is 16.1 Å². The van der Waals surface area contributed by atoms with Crippen LogP contribution < -0.4 is 5.32 Å². The Bertz CT molecular complexity index is 934. The van der Waals surface area contributed by atoms with E-state index in [9.17, 15) is 13.2 Å². The molecule has 1 saturated heterocycles. The Kier molecular flexibility index (Phi) is 7.27.